The first kappa shape index (κ1) is 35.1. The minimum Gasteiger partial charge on any atom is -0.357 e. The Morgan fingerprint density at radius 2 is 1.47 bits per heavy atom. The van der Waals surface area contributed by atoms with Crippen LogP contribution in [0.5, 0.6) is 0 Å². The van der Waals surface area contributed by atoms with Gasteiger partial charge in [-0.2, -0.15) is 0 Å². The molecule has 0 saturated heterocycles. The van der Waals surface area contributed by atoms with E-state index in [0.29, 0.717) is 6.04 Å². The third kappa shape index (κ3) is 5.92. The molecule has 3 heterocycles. The molecule has 5 aromatic rings. The van der Waals surface area contributed by atoms with Crippen LogP contribution in [0.25, 0.3) is 16.5 Å². The van der Waals surface area contributed by atoms with Gasteiger partial charge in [0.05, 0.1) is 24.2 Å². The molecule has 4 nitrogen and oxygen atoms in total. The first-order chi connectivity index (χ1) is 29.7. The molecule has 0 amide bonds. The van der Waals surface area contributed by atoms with Gasteiger partial charge >= 0.3 is 0 Å². The molecular formula is C56H46N4. The summed E-state index contributed by atoms with van der Waals surface area (Å²) in [6, 6.07) is 46.7. The minimum atomic E-state index is -0.0690. The van der Waals surface area contributed by atoms with E-state index < -0.39 is 0 Å². The fourth-order valence-corrected chi connectivity index (χ4v) is 10.7. The van der Waals surface area contributed by atoms with Gasteiger partial charge in [-0.05, 0) is 106 Å². The van der Waals surface area contributed by atoms with E-state index >= 15 is 0 Å². The summed E-state index contributed by atoms with van der Waals surface area (Å²) >= 11 is 0. The standard InChI is InChI=1S/C56H46N4/c1-3-14-38(15-4-1)50-36-51(58-56(57-50)40-16-5-2-6-17-40)39-24-28-44(29-25-39)59-52-21-11-9-19-46(52)48-34-42(26-31-54(48)59)43-27-32-55-49(35-43)47-20-10-12-22-53(47)60(55)45-30-23-37-13-7-8-18-41(37)33-45/h1-11,13-21,23-28,30-31,33-36,44,48,51,54-55H,12,22,29,32H2,(H,57,58). The molecule has 0 radical (unpaired) electrons. The number of benzene rings is 5. The molecule has 0 fully saturated rings. The van der Waals surface area contributed by atoms with Crippen LogP contribution in [0.1, 0.15) is 48.3 Å². The number of nitrogens with one attached hydrogen (secondary N) is 1. The maximum absolute atomic E-state index is 5.26. The fraction of sp³-hybridized carbons (Fsp3) is 0.161. The van der Waals surface area contributed by atoms with Crippen molar-refractivity contribution in [3.8, 4) is 0 Å². The number of hydrogen-bond donors (Lipinski definition) is 1. The molecule has 3 aliphatic heterocycles. The van der Waals surface area contributed by atoms with Gasteiger partial charge in [0.25, 0.3) is 0 Å². The first-order valence-corrected chi connectivity index (χ1v) is 21.7. The van der Waals surface area contributed by atoms with Gasteiger partial charge in [-0.1, -0.05) is 164 Å². The molecule has 4 aliphatic carbocycles. The van der Waals surface area contributed by atoms with Crippen LogP contribution in [-0.2, 0) is 0 Å². The van der Waals surface area contributed by atoms with E-state index in [0.717, 1.165) is 42.8 Å². The summed E-state index contributed by atoms with van der Waals surface area (Å²) in [4.78, 5) is 10.6. The maximum Gasteiger partial charge on any atom is 0.133 e. The number of rotatable bonds is 6. The molecule has 0 saturated carbocycles. The molecule has 0 bridgehead atoms. The summed E-state index contributed by atoms with van der Waals surface area (Å²) in [6.45, 7) is 0. The number of fused-ring (bicyclic) bond motifs is 6. The summed E-state index contributed by atoms with van der Waals surface area (Å²) in [5.74, 6) is 1.20. The Labute approximate surface area is 352 Å². The number of amidine groups is 1. The Kier molecular flexibility index (Phi) is 8.43. The van der Waals surface area contributed by atoms with Crippen LogP contribution >= 0.6 is 0 Å². The van der Waals surface area contributed by atoms with Crippen molar-refractivity contribution in [2.75, 3.05) is 9.80 Å². The van der Waals surface area contributed by atoms with Gasteiger partial charge in [-0.3, -0.25) is 4.99 Å². The second kappa shape index (κ2) is 14.4. The molecule has 5 atom stereocenters. The largest absolute Gasteiger partial charge is 0.357 e. The van der Waals surface area contributed by atoms with Gasteiger partial charge in [0, 0.05) is 34.3 Å². The van der Waals surface area contributed by atoms with Crippen LogP contribution in [0.4, 0.5) is 11.4 Å². The highest BCUT2D eigenvalue weighted by atomic mass is 15.2. The Morgan fingerprint density at radius 1 is 0.667 bits per heavy atom. The van der Waals surface area contributed by atoms with E-state index in [9.17, 15) is 0 Å². The zero-order valence-electron chi connectivity index (χ0n) is 33.5. The van der Waals surface area contributed by atoms with E-state index in [1.165, 1.54) is 66.8 Å². The van der Waals surface area contributed by atoms with Crippen LogP contribution in [0.2, 0.25) is 0 Å². The molecule has 0 spiro atoms. The predicted molar refractivity (Wildman–Crippen MR) is 249 cm³/mol. The van der Waals surface area contributed by atoms with Crippen molar-refractivity contribution in [1.29, 1.82) is 0 Å². The number of allylic oxidation sites excluding steroid dienone is 7. The lowest BCUT2D eigenvalue weighted by Gasteiger charge is -2.36. The zero-order chi connectivity index (χ0) is 39.6. The van der Waals surface area contributed by atoms with Crippen LogP contribution in [-0.4, -0.2) is 30.0 Å². The highest BCUT2D eigenvalue weighted by Gasteiger charge is 2.42. The Morgan fingerprint density at radius 3 is 2.32 bits per heavy atom. The lowest BCUT2D eigenvalue weighted by atomic mass is 9.82. The van der Waals surface area contributed by atoms with Gasteiger partial charge < -0.3 is 15.1 Å². The van der Waals surface area contributed by atoms with Crippen LogP contribution in [0.15, 0.2) is 233 Å². The van der Waals surface area contributed by atoms with Crippen molar-refractivity contribution in [3.05, 3.63) is 244 Å². The highest BCUT2D eigenvalue weighted by molar-refractivity contribution is 6.05. The van der Waals surface area contributed by atoms with E-state index in [-0.39, 0.29) is 24.0 Å². The Balaban J connectivity index is 0.818. The molecule has 290 valence electrons. The van der Waals surface area contributed by atoms with Crippen molar-refractivity contribution in [2.24, 2.45) is 4.99 Å². The van der Waals surface area contributed by atoms with Crippen LogP contribution < -0.4 is 15.1 Å². The number of nitrogens with zero attached hydrogens (tertiary/aromatic N) is 3. The van der Waals surface area contributed by atoms with Crippen molar-refractivity contribution < 1.29 is 0 Å². The molecule has 5 aromatic carbocycles. The van der Waals surface area contributed by atoms with Crippen molar-refractivity contribution >= 4 is 33.7 Å². The summed E-state index contributed by atoms with van der Waals surface area (Å²) < 4.78 is 0. The SMILES string of the molecule is C1=CC2=C(CC1)N(c1ccc3ccccc3c1)C1CC=C(C3=CC4c5ccccc5N(C5C=CC(C6C=C(c7ccccc7)NC(c7ccccc7)=N6)=CC5)C4C=C3)C=C21. The van der Waals surface area contributed by atoms with Gasteiger partial charge in [0.15, 0.2) is 0 Å². The molecular weight excluding hydrogens is 729 g/mol. The third-order valence-corrected chi connectivity index (χ3v) is 13.5. The van der Waals surface area contributed by atoms with E-state index in [1.54, 1.807) is 0 Å². The summed E-state index contributed by atoms with van der Waals surface area (Å²) in [5.41, 5.74) is 15.7. The lowest BCUT2D eigenvalue weighted by molar-refractivity contribution is 0.609. The Hall–Kier alpha value is -6.91. The fourth-order valence-electron chi connectivity index (χ4n) is 10.7. The number of hydrogen-bond acceptors (Lipinski definition) is 4. The number of para-hydroxylation sites is 1. The van der Waals surface area contributed by atoms with Gasteiger partial charge in [0.2, 0.25) is 0 Å². The van der Waals surface area contributed by atoms with Gasteiger partial charge in [-0.25, -0.2) is 0 Å². The molecule has 1 N–H and O–H groups in total. The number of aliphatic imine (C=N–C) groups is 1. The predicted octanol–water partition coefficient (Wildman–Crippen LogP) is 12.1. The molecule has 60 heavy (non-hydrogen) atoms. The minimum absolute atomic E-state index is 0.0690. The average Bonchev–Trinajstić information content (AvgIpc) is 3.84. The summed E-state index contributed by atoms with van der Waals surface area (Å²) in [6.07, 6.45) is 30.8. The second-order valence-corrected chi connectivity index (χ2v) is 16.9. The number of anilines is 2. The van der Waals surface area contributed by atoms with Crippen LogP contribution in [0, 0.1) is 0 Å². The van der Waals surface area contributed by atoms with Crippen molar-refractivity contribution in [2.45, 2.75) is 55.8 Å². The summed E-state index contributed by atoms with van der Waals surface area (Å²) in [7, 11) is 0. The Bertz CT molecular complexity index is 2820. The third-order valence-electron chi connectivity index (χ3n) is 13.5. The van der Waals surface area contributed by atoms with Gasteiger partial charge in [0.1, 0.15) is 5.84 Å². The van der Waals surface area contributed by atoms with E-state index in [4.69, 9.17) is 4.99 Å². The van der Waals surface area contributed by atoms with E-state index in [1.807, 2.05) is 0 Å². The average molecular weight is 775 g/mol. The normalized spacial score (nSPS) is 25.0. The van der Waals surface area contributed by atoms with E-state index in [2.05, 4.69) is 209 Å². The molecule has 12 rings (SSSR count). The lowest BCUT2D eigenvalue weighted by Crippen LogP contribution is -2.41. The van der Waals surface area contributed by atoms with Crippen molar-refractivity contribution in [3.63, 3.8) is 0 Å². The quantitative estimate of drug-likeness (QED) is 0.186. The topological polar surface area (TPSA) is 30.9 Å². The highest BCUT2D eigenvalue weighted by Crippen LogP contribution is 2.50. The summed E-state index contributed by atoms with van der Waals surface area (Å²) in [5, 5.41) is 6.23. The molecule has 4 heteroatoms. The molecule has 7 aliphatic rings. The smallest absolute Gasteiger partial charge is 0.133 e. The molecule has 0 aromatic heterocycles. The second-order valence-electron chi connectivity index (χ2n) is 16.9. The zero-order valence-corrected chi connectivity index (χ0v) is 33.5. The van der Waals surface area contributed by atoms with Crippen molar-refractivity contribution in [1.82, 2.24) is 5.32 Å². The monoisotopic (exact) mass is 774 g/mol. The van der Waals surface area contributed by atoms with Crippen LogP contribution in [0.3, 0.4) is 0 Å². The van der Waals surface area contributed by atoms with Gasteiger partial charge in [-0.15, -0.1) is 0 Å². The first-order valence-electron chi connectivity index (χ1n) is 21.7. The maximum atomic E-state index is 5.26. The molecule has 5 unspecified atom stereocenters.